The maximum Gasteiger partial charge on any atom is 0.338 e. The van der Waals surface area contributed by atoms with Crippen molar-refractivity contribution < 1.29 is 14.3 Å². The van der Waals surface area contributed by atoms with E-state index in [1.165, 1.54) is 17.5 Å². The van der Waals surface area contributed by atoms with Crippen molar-refractivity contribution in [2.24, 2.45) is 0 Å². The molecular weight excluding hydrogens is 299 g/mol. The van der Waals surface area contributed by atoms with Crippen LogP contribution < -0.4 is 0 Å². The van der Waals surface area contributed by atoms with Gasteiger partial charge in [-0.3, -0.25) is 0 Å². The molecule has 0 atom stereocenters. The number of carbonyl (C=O) groups is 1. The number of aromatic carboxylic acids is 1. The lowest BCUT2D eigenvalue weighted by Crippen LogP contribution is -2.02. The first kappa shape index (κ1) is 13.0. The molecule has 3 rings (SSSR count). The van der Waals surface area contributed by atoms with Crippen LogP contribution in [0.4, 0.5) is 4.39 Å². The van der Waals surface area contributed by atoms with E-state index in [1.54, 1.807) is 0 Å². The number of hydrogen-bond acceptors (Lipinski definition) is 5. The number of carboxylic acids is 1. The molecule has 0 unspecified atom stereocenters. The Kier molecular flexibility index (Phi) is 3.37. The van der Waals surface area contributed by atoms with Gasteiger partial charge in [0, 0.05) is 6.20 Å². The summed E-state index contributed by atoms with van der Waals surface area (Å²) in [5, 5.41) is 8.90. The summed E-state index contributed by atoms with van der Waals surface area (Å²) in [4.78, 5) is 19.1. The van der Waals surface area contributed by atoms with Crippen LogP contribution in [0.2, 0.25) is 0 Å². The molecule has 0 fully saturated rings. The second-order valence-corrected chi connectivity index (χ2v) is 6.10. The predicted octanol–water partition coefficient (Wildman–Crippen LogP) is 3.68. The minimum Gasteiger partial charge on any atom is -0.478 e. The van der Waals surface area contributed by atoms with Gasteiger partial charge in [-0.05, 0) is 30.0 Å². The second-order valence-electron chi connectivity index (χ2n) is 3.83. The molecule has 0 spiro atoms. The SMILES string of the molecule is O=C(O)c1ccnc(Sc2nc3ccccc3s2)c1F. The van der Waals surface area contributed by atoms with Crippen molar-refractivity contribution in [1.29, 1.82) is 0 Å². The fourth-order valence-electron chi connectivity index (χ4n) is 1.64. The van der Waals surface area contributed by atoms with Crippen molar-refractivity contribution in [1.82, 2.24) is 9.97 Å². The van der Waals surface area contributed by atoms with Gasteiger partial charge < -0.3 is 5.11 Å². The second kappa shape index (κ2) is 5.18. The van der Waals surface area contributed by atoms with Crippen molar-refractivity contribution in [3.8, 4) is 0 Å². The highest BCUT2D eigenvalue weighted by Crippen LogP contribution is 2.34. The van der Waals surface area contributed by atoms with E-state index in [2.05, 4.69) is 9.97 Å². The van der Waals surface area contributed by atoms with Crippen molar-refractivity contribution in [2.45, 2.75) is 9.37 Å². The van der Waals surface area contributed by atoms with Crippen molar-refractivity contribution in [3.63, 3.8) is 0 Å². The highest BCUT2D eigenvalue weighted by atomic mass is 32.2. The van der Waals surface area contributed by atoms with Crippen LogP contribution >= 0.6 is 23.1 Å². The first-order valence-corrected chi connectivity index (χ1v) is 7.19. The van der Waals surface area contributed by atoms with E-state index in [9.17, 15) is 9.18 Å². The molecule has 1 aromatic carbocycles. The first-order chi connectivity index (χ1) is 9.65. The Balaban J connectivity index is 1.98. The average Bonchev–Trinajstić information content (AvgIpc) is 2.83. The van der Waals surface area contributed by atoms with Crippen molar-refractivity contribution >= 4 is 39.3 Å². The zero-order valence-corrected chi connectivity index (χ0v) is 11.5. The molecule has 0 aliphatic rings. The number of hydrogen-bond donors (Lipinski definition) is 1. The Hall–Kier alpha value is -1.99. The highest BCUT2D eigenvalue weighted by Gasteiger charge is 2.17. The summed E-state index contributed by atoms with van der Waals surface area (Å²) in [6.45, 7) is 0. The fraction of sp³-hybridized carbons (Fsp3) is 0. The van der Waals surface area contributed by atoms with Crippen molar-refractivity contribution in [3.05, 3.63) is 47.9 Å². The molecule has 2 heterocycles. The van der Waals surface area contributed by atoms with Crippen LogP contribution in [0.3, 0.4) is 0 Å². The Morgan fingerprint density at radius 2 is 2.10 bits per heavy atom. The van der Waals surface area contributed by atoms with E-state index in [1.807, 2.05) is 24.3 Å². The Morgan fingerprint density at radius 1 is 1.30 bits per heavy atom. The van der Waals surface area contributed by atoms with Gasteiger partial charge in [-0.15, -0.1) is 11.3 Å². The van der Waals surface area contributed by atoms with E-state index in [0.29, 0.717) is 4.34 Å². The third-order valence-electron chi connectivity index (χ3n) is 2.55. The van der Waals surface area contributed by atoms with Crippen molar-refractivity contribution in [2.75, 3.05) is 0 Å². The van der Waals surface area contributed by atoms with Gasteiger partial charge in [0.2, 0.25) is 0 Å². The van der Waals surface area contributed by atoms with E-state index < -0.39 is 11.8 Å². The minimum atomic E-state index is -1.31. The van der Waals surface area contributed by atoms with Gasteiger partial charge >= 0.3 is 5.97 Å². The number of aromatic nitrogens is 2. The van der Waals surface area contributed by atoms with Gasteiger partial charge in [-0.2, -0.15) is 0 Å². The Morgan fingerprint density at radius 3 is 2.85 bits per heavy atom. The van der Waals surface area contributed by atoms with Gasteiger partial charge in [0.05, 0.1) is 15.8 Å². The van der Waals surface area contributed by atoms with E-state index in [0.717, 1.165) is 28.0 Å². The van der Waals surface area contributed by atoms with E-state index in [4.69, 9.17) is 5.11 Å². The van der Waals surface area contributed by atoms with Gasteiger partial charge in [0.25, 0.3) is 0 Å². The third-order valence-corrected chi connectivity index (χ3v) is 4.62. The number of thiazole rings is 1. The van der Waals surface area contributed by atoms with Crippen LogP contribution in [0.15, 0.2) is 45.9 Å². The molecule has 2 aromatic heterocycles. The quantitative estimate of drug-likeness (QED) is 0.799. The lowest BCUT2D eigenvalue weighted by Gasteiger charge is -2.01. The molecule has 7 heteroatoms. The fourth-order valence-corrected chi connectivity index (χ4v) is 3.63. The van der Waals surface area contributed by atoms with E-state index >= 15 is 0 Å². The average molecular weight is 306 g/mol. The summed E-state index contributed by atoms with van der Waals surface area (Å²) >= 11 is 2.44. The lowest BCUT2D eigenvalue weighted by atomic mass is 10.3. The van der Waals surface area contributed by atoms with Gasteiger partial charge in [-0.1, -0.05) is 12.1 Å². The van der Waals surface area contributed by atoms with Crippen LogP contribution in [0, 0.1) is 5.82 Å². The number of nitrogens with zero attached hydrogens (tertiary/aromatic N) is 2. The monoisotopic (exact) mass is 306 g/mol. The van der Waals surface area contributed by atoms with Crippen LogP contribution in [0.25, 0.3) is 10.2 Å². The number of halogens is 1. The highest BCUT2D eigenvalue weighted by molar-refractivity contribution is 8.01. The number of rotatable bonds is 3. The Bertz CT molecular complexity index is 771. The zero-order valence-electron chi connectivity index (χ0n) is 9.91. The number of carboxylic acid groups (broad SMARTS) is 1. The maximum atomic E-state index is 14.0. The Labute approximate surface area is 121 Å². The molecule has 4 nitrogen and oxygen atoms in total. The topological polar surface area (TPSA) is 63.1 Å². The summed E-state index contributed by atoms with van der Waals surface area (Å²) in [6.07, 6.45) is 1.28. The summed E-state index contributed by atoms with van der Waals surface area (Å²) < 4.78 is 15.6. The summed E-state index contributed by atoms with van der Waals surface area (Å²) in [5.41, 5.74) is 0.443. The number of fused-ring (bicyclic) bond motifs is 1. The van der Waals surface area contributed by atoms with E-state index in [-0.39, 0.29) is 10.6 Å². The molecule has 0 saturated carbocycles. The molecule has 3 aromatic rings. The standard InChI is InChI=1S/C13H7FN2O2S2/c14-10-7(12(17)18)5-6-15-11(10)20-13-16-8-3-1-2-4-9(8)19-13/h1-6H,(H,17,18). The smallest absolute Gasteiger partial charge is 0.338 e. The summed E-state index contributed by atoms with van der Waals surface area (Å²) in [7, 11) is 0. The normalized spacial score (nSPS) is 10.8. The lowest BCUT2D eigenvalue weighted by molar-refractivity contribution is 0.0691. The first-order valence-electron chi connectivity index (χ1n) is 5.56. The van der Waals surface area contributed by atoms with Crippen LogP contribution in [-0.4, -0.2) is 21.0 Å². The maximum absolute atomic E-state index is 14.0. The molecule has 0 amide bonds. The number of benzene rings is 1. The molecule has 0 aliphatic heterocycles. The molecular formula is C13H7FN2O2S2. The zero-order chi connectivity index (χ0) is 14.1. The van der Waals surface area contributed by atoms with Gasteiger partial charge in [0.15, 0.2) is 10.2 Å². The molecule has 0 saturated heterocycles. The molecule has 20 heavy (non-hydrogen) atoms. The minimum absolute atomic E-state index is 0.0176. The van der Waals surface area contributed by atoms with Crippen LogP contribution in [0.5, 0.6) is 0 Å². The molecule has 0 aliphatic carbocycles. The summed E-state index contributed by atoms with van der Waals surface area (Å²) in [5.74, 6) is -2.14. The predicted molar refractivity (Wildman–Crippen MR) is 74.9 cm³/mol. The number of para-hydroxylation sites is 1. The van der Waals surface area contributed by atoms with Gasteiger partial charge in [0.1, 0.15) is 5.03 Å². The van der Waals surface area contributed by atoms with Gasteiger partial charge in [-0.25, -0.2) is 19.2 Å². The third kappa shape index (κ3) is 2.37. The molecule has 1 N–H and O–H groups in total. The largest absolute Gasteiger partial charge is 0.478 e. The number of pyridine rings is 1. The van der Waals surface area contributed by atoms with Crippen LogP contribution in [0.1, 0.15) is 10.4 Å². The summed E-state index contributed by atoms with van der Waals surface area (Å²) in [6, 6.07) is 8.71. The van der Waals surface area contributed by atoms with Crippen LogP contribution in [-0.2, 0) is 0 Å². The molecule has 0 radical (unpaired) electrons. The molecule has 0 bridgehead atoms. The molecule has 100 valence electrons.